The van der Waals surface area contributed by atoms with Crippen molar-refractivity contribution in [1.82, 2.24) is 5.32 Å². The van der Waals surface area contributed by atoms with E-state index in [4.69, 9.17) is 18.9 Å². The van der Waals surface area contributed by atoms with E-state index in [2.05, 4.69) is 5.32 Å². The van der Waals surface area contributed by atoms with Crippen LogP contribution in [-0.4, -0.2) is 60.1 Å². The van der Waals surface area contributed by atoms with Gasteiger partial charge < -0.3 is 29.2 Å². The van der Waals surface area contributed by atoms with E-state index in [1.807, 2.05) is 30.3 Å². The SMILES string of the molecule is COc1cccc(C(=O)NC[C@@H](c2ccc(OC)c(OC)c2)[NH+]2CCOCC2)c1. The molecule has 29 heavy (non-hydrogen) atoms. The van der Waals surface area contributed by atoms with E-state index in [9.17, 15) is 4.79 Å². The van der Waals surface area contributed by atoms with Gasteiger partial charge in [-0.15, -0.1) is 0 Å². The van der Waals surface area contributed by atoms with Crippen LogP contribution in [0.25, 0.3) is 0 Å². The van der Waals surface area contributed by atoms with Crippen molar-refractivity contribution in [3.63, 3.8) is 0 Å². The molecule has 1 atom stereocenters. The summed E-state index contributed by atoms with van der Waals surface area (Å²) in [6.07, 6.45) is 0. The van der Waals surface area contributed by atoms with Gasteiger partial charge in [0.1, 0.15) is 24.9 Å². The Balaban J connectivity index is 1.79. The summed E-state index contributed by atoms with van der Waals surface area (Å²) < 4.78 is 21.6. The molecule has 156 valence electrons. The van der Waals surface area contributed by atoms with Gasteiger partial charge in [0.15, 0.2) is 11.5 Å². The summed E-state index contributed by atoms with van der Waals surface area (Å²) in [6.45, 7) is 3.69. The smallest absolute Gasteiger partial charge is 0.251 e. The van der Waals surface area contributed by atoms with Crippen LogP contribution in [0.3, 0.4) is 0 Å². The second kappa shape index (κ2) is 10.1. The van der Waals surface area contributed by atoms with E-state index in [-0.39, 0.29) is 11.9 Å². The number of ether oxygens (including phenoxy) is 4. The summed E-state index contributed by atoms with van der Waals surface area (Å²) in [6, 6.07) is 13.2. The first-order chi connectivity index (χ1) is 14.2. The van der Waals surface area contributed by atoms with Gasteiger partial charge in [0, 0.05) is 11.1 Å². The van der Waals surface area contributed by atoms with Crippen LogP contribution in [0.15, 0.2) is 42.5 Å². The molecule has 2 aromatic carbocycles. The highest BCUT2D eigenvalue weighted by Gasteiger charge is 2.28. The Kier molecular flexibility index (Phi) is 7.32. The summed E-state index contributed by atoms with van der Waals surface area (Å²) in [5, 5.41) is 3.08. The van der Waals surface area contributed by atoms with Gasteiger partial charge in [0.2, 0.25) is 0 Å². The lowest BCUT2D eigenvalue weighted by Gasteiger charge is -2.32. The molecule has 3 rings (SSSR count). The standard InChI is InChI=1S/C22H28N2O5/c1-26-18-6-4-5-17(13-18)22(25)23-15-19(24-9-11-29-12-10-24)16-7-8-20(27-2)21(14-16)28-3/h4-8,13-14,19H,9-12,15H2,1-3H3,(H,23,25)/p+1/t19-/m0/s1. The predicted molar refractivity (Wildman–Crippen MR) is 109 cm³/mol. The Bertz CT molecular complexity index is 821. The fourth-order valence-electron chi connectivity index (χ4n) is 3.61. The largest absolute Gasteiger partial charge is 0.497 e. The lowest BCUT2D eigenvalue weighted by molar-refractivity contribution is -0.937. The second-order valence-corrected chi connectivity index (χ2v) is 6.88. The monoisotopic (exact) mass is 401 g/mol. The third-order valence-electron chi connectivity index (χ3n) is 5.24. The van der Waals surface area contributed by atoms with E-state index in [0.29, 0.717) is 42.6 Å². The highest BCUT2D eigenvalue weighted by molar-refractivity contribution is 5.94. The molecular formula is C22H29N2O5+. The number of carbonyl (C=O) groups is 1. The van der Waals surface area contributed by atoms with Gasteiger partial charge in [-0.05, 0) is 36.4 Å². The maximum Gasteiger partial charge on any atom is 0.251 e. The summed E-state index contributed by atoms with van der Waals surface area (Å²) in [4.78, 5) is 14.1. The second-order valence-electron chi connectivity index (χ2n) is 6.88. The molecule has 0 radical (unpaired) electrons. The molecule has 0 spiro atoms. The van der Waals surface area contributed by atoms with Gasteiger partial charge in [-0.25, -0.2) is 0 Å². The van der Waals surface area contributed by atoms with Crippen LogP contribution >= 0.6 is 0 Å². The van der Waals surface area contributed by atoms with Crippen molar-refractivity contribution >= 4 is 5.91 Å². The summed E-state index contributed by atoms with van der Waals surface area (Å²) in [7, 11) is 4.84. The number of amides is 1. The molecule has 1 amide bonds. The molecule has 0 aliphatic carbocycles. The summed E-state index contributed by atoms with van der Waals surface area (Å²) in [5.74, 6) is 1.91. The van der Waals surface area contributed by atoms with Crippen molar-refractivity contribution < 1.29 is 28.6 Å². The first kappa shape index (κ1) is 21.0. The van der Waals surface area contributed by atoms with Gasteiger partial charge in [-0.3, -0.25) is 4.79 Å². The molecule has 0 saturated carbocycles. The Morgan fingerprint density at radius 1 is 1.03 bits per heavy atom. The van der Waals surface area contributed by atoms with Gasteiger partial charge in [-0.2, -0.15) is 0 Å². The maximum atomic E-state index is 12.7. The van der Waals surface area contributed by atoms with Gasteiger partial charge in [0.25, 0.3) is 5.91 Å². The van der Waals surface area contributed by atoms with Gasteiger partial charge in [-0.1, -0.05) is 6.07 Å². The van der Waals surface area contributed by atoms with E-state index >= 15 is 0 Å². The number of hydrogen-bond donors (Lipinski definition) is 2. The third kappa shape index (κ3) is 5.19. The quantitative estimate of drug-likeness (QED) is 0.693. The lowest BCUT2D eigenvalue weighted by Crippen LogP contribution is -3.15. The average Bonchev–Trinajstić information content (AvgIpc) is 2.79. The zero-order valence-electron chi connectivity index (χ0n) is 17.2. The molecule has 7 heteroatoms. The minimum atomic E-state index is -0.123. The molecule has 0 bridgehead atoms. The number of rotatable bonds is 8. The summed E-state index contributed by atoms with van der Waals surface area (Å²) >= 11 is 0. The molecule has 1 aliphatic heterocycles. The van der Waals surface area contributed by atoms with Crippen LogP contribution in [0.2, 0.25) is 0 Å². The molecule has 0 aromatic heterocycles. The minimum absolute atomic E-state index is 0.0771. The third-order valence-corrected chi connectivity index (χ3v) is 5.24. The van der Waals surface area contributed by atoms with Crippen molar-refractivity contribution in [2.75, 3.05) is 54.2 Å². The first-order valence-corrected chi connectivity index (χ1v) is 9.72. The van der Waals surface area contributed by atoms with Crippen LogP contribution in [0.4, 0.5) is 0 Å². The van der Waals surface area contributed by atoms with Crippen LogP contribution in [0.1, 0.15) is 22.0 Å². The van der Waals surface area contributed by atoms with Gasteiger partial charge in [0.05, 0.1) is 41.1 Å². The highest BCUT2D eigenvalue weighted by atomic mass is 16.5. The minimum Gasteiger partial charge on any atom is -0.497 e. The van der Waals surface area contributed by atoms with E-state index in [0.717, 1.165) is 18.7 Å². The van der Waals surface area contributed by atoms with Crippen molar-refractivity contribution in [2.45, 2.75) is 6.04 Å². The highest BCUT2D eigenvalue weighted by Crippen LogP contribution is 2.29. The van der Waals surface area contributed by atoms with Crippen LogP contribution in [0, 0.1) is 0 Å². The number of benzene rings is 2. The Hall–Kier alpha value is -2.77. The molecule has 1 saturated heterocycles. The molecular weight excluding hydrogens is 372 g/mol. The Morgan fingerprint density at radius 2 is 1.79 bits per heavy atom. The molecule has 1 fully saturated rings. The number of methoxy groups -OCH3 is 3. The summed E-state index contributed by atoms with van der Waals surface area (Å²) in [5.41, 5.74) is 1.66. The van der Waals surface area contributed by atoms with Crippen molar-refractivity contribution in [3.8, 4) is 17.2 Å². The fourth-order valence-corrected chi connectivity index (χ4v) is 3.61. The normalized spacial score (nSPS) is 15.4. The van der Waals surface area contributed by atoms with Crippen molar-refractivity contribution in [3.05, 3.63) is 53.6 Å². The number of nitrogens with one attached hydrogen (secondary N) is 2. The van der Waals surface area contributed by atoms with Crippen molar-refractivity contribution in [1.29, 1.82) is 0 Å². The number of quaternary nitrogens is 1. The molecule has 1 heterocycles. The van der Waals surface area contributed by atoms with Crippen LogP contribution in [0.5, 0.6) is 17.2 Å². The number of morpholine rings is 1. The van der Waals surface area contributed by atoms with Crippen LogP contribution in [-0.2, 0) is 4.74 Å². The zero-order chi connectivity index (χ0) is 20.6. The van der Waals surface area contributed by atoms with Crippen molar-refractivity contribution in [2.24, 2.45) is 0 Å². The van der Waals surface area contributed by atoms with Crippen LogP contribution < -0.4 is 24.4 Å². The Morgan fingerprint density at radius 3 is 2.48 bits per heavy atom. The average molecular weight is 401 g/mol. The predicted octanol–water partition coefficient (Wildman–Crippen LogP) is 1.10. The molecule has 0 unspecified atom stereocenters. The zero-order valence-corrected chi connectivity index (χ0v) is 17.2. The maximum absolute atomic E-state index is 12.7. The van der Waals surface area contributed by atoms with E-state index in [1.54, 1.807) is 33.5 Å². The fraction of sp³-hybridized carbons (Fsp3) is 0.409. The molecule has 2 N–H and O–H groups in total. The number of carbonyl (C=O) groups excluding carboxylic acids is 1. The molecule has 7 nitrogen and oxygen atoms in total. The Labute approximate surface area is 171 Å². The van der Waals surface area contributed by atoms with E-state index < -0.39 is 0 Å². The first-order valence-electron chi connectivity index (χ1n) is 9.72. The lowest BCUT2D eigenvalue weighted by atomic mass is 10.0. The number of hydrogen-bond acceptors (Lipinski definition) is 5. The molecule has 1 aliphatic rings. The van der Waals surface area contributed by atoms with E-state index in [1.165, 1.54) is 4.90 Å². The topological polar surface area (TPSA) is 70.5 Å². The molecule has 2 aromatic rings. The van der Waals surface area contributed by atoms with Gasteiger partial charge >= 0.3 is 0 Å².